The van der Waals surface area contributed by atoms with Gasteiger partial charge in [-0.15, -0.1) is 13.2 Å². The second-order valence-electron chi connectivity index (χ2n) is 16.4. The third-order valence-electron chi connectivity index (χ3n) is 13.2. The Labute approximate surface area is 323 Å². The van der Waals surface area contributed by atoms with Crippen LogP contribution >= 0.6 is 11.6 Å². The van der Waals surface area contributed by atoms with Gasteiger partial charge in [0.05, 0.1) is 43.8 Å². The third kappa shape index (κ3) is 6.54. The third-order valence-corrected chi connectivity index (χ3v) is 15.1. The fraction of sp³-hybridized carbons (Fsp3) is 0.409. The molecule has 2 fully saturated rings. The van der Waals surface area contributed by atoms with E-state index in [1.54, 1.807) is 12.2 Å². The number of likely N-dealkylation sites (N-methyl/N-ethyl adjacent to an activating group) is 2. The highest BCUT2D eigenvalue weighted by molar-refractivity contribution is 7.73. The van der Waals surface area contributed by atoms with Crippen LogP contribution in [0.4, 0.5) is 0 Å². The minimum atomic E-state index is -2.21. The van der Waals surface area contributed by atoms with Gasteiger partial charge in [-0.2, -0.15) is 16.8 Å². The Bertz CT molecular complexity index is 2250. The first-order valence-electron chi connectivity index (χ1n) is 18.8. The molecule has 5 aliphatic carbocycles. The highest BCUT2D eigenvalue weighted by Gasteiger charge is 2.57. The van der Waals surface area contributed by atoms with E-state index in [0.717, 1.165) is 62.8 Å². The average Bonchev–Trinajstić information content (AvgIpc) is 3.48. The Balaban J connectivity index is 1.19. The Morgan fingerprint density at radius 1 is 0.774 bits per heavy atom. The number of rotatable bonds is 7. The first-order chi connectivity index (χ1) is 25.3. The lowest BCUT2D eigenvalue weighted by Gasteiger charge is -2.38. The van der Waals surface area contributed by atoms with E-state index < -0.39 is 20.6 Å². The van der Waals surface area contributed by atoms with Gasteiger partial charge >= 0.3 is 0 Å². The van der Waals surface area contributed by atoms with Crippen molar-refractivity contribution in [2.24, 2.45) is 23.7 Å². The number of fused-ring (bicyclic) bond motifs is 4. The van der Waals surface area contributed by atoms with Crippen molar-refractivity contribution in [3.63, 3.8) is 0 Å². The van der Waals surface area contributed by atoms with E-state index in [4.69, 9.17) is 11.6 Å². The number of halogens is 1. The summed E-state index contributed by atoms with van der Waals surface area (Å²) in [5.41, 5.74) is 8.38. The molecule has 0 bridgehead atoms. The summed E-state index contributed by atoms with van der Waals surface area (Å²) in [4.78, 5) is 0.879. The maximum atomic E-state index is 11.8. The van der Waals surface area contributed by atoms with Crippen LogP contribution in [-0.4, -0.2) is 81.8 Å². The zero-order chi connectivity index (χ0) is 37.8. The maximum absolute atomic E-state index is 11.8. The van der Waals surface area contributed by atoms with Crippen LogP contribution in [0.3, 0.4) is 0 Å². The van der Waals surface area contributed by atoms with Crippen LogP contribution in [0.5, 0.6) is 0 Å². The number of nitrogens with zero attached hydrogens (tertiary/aromatic N) is 2. The molecular weight excluding hydrogens is 720 g/mol. The van der Waals surface area contributed by atoms with Crippen molar-refractivity contribution in [2.45, 2.75) is 63.1 Å². The van der Waals surface area contributed by atoms with Gasteiger partial charge in [0.15, 0.2) is 0 Å². The Morgan fingerprint density at radius 2 is 1.38 bits per heavy atom. The van der Waals surface area contributed by atoms with Gasteiger partial charge in [0.1, 0.15) is 23.8 Å². The van der Waals surface area contributed by atoms with Gasteiger partial charge in [-0.1, -0.05) is 60.2 Å². The number of allylic oxidation sites excluding steroid dienone is 17. The maximum Gasteiger partial charge on any atom is 0.217 e. The van der Waals surface area contributed by atoms with Crippen LogP contribution in [-0.2, 0) is 20.6 Å². The molecule has 7 atom stereocenters. The van der Waals surface area contributed by atoms with E-state index >= 15 is 0 Å². The zero-order valence-electron chi connectivity index (χ0n) is 31.2. The van der Waals surface area contributed by atoms with Crippen LogP contribution < -0.4 is 0 Å². The van der Waals surface area contributed by atoms with Gasteiger partial charge in [-0.25, -0.2) is 0 Å². The van der Waals surface area contributed by atoms with E-state index in [1.165, 1.54) is 22.4 Å². The van der Waals surface area contributed by atoms with Crippen LogP contribution in [0.15, 0.2) is 142 Å². The molecule has 0 N–H and O–H groups in total. The molecule has 7 unspecified atom stereocenters. The summed E-state index contributed by atoms with van der Waals surface area (Å²) >= 11 is 7.29. The Kier molecular flexibility index (Phi) is 10.4. The molecule has 278 valence electrons. The fourth-order valence-electron chi connectivity index (χ4n) is 10.6. The summed E-state index contributed by atoms with van der Waals surface area (Å²) in [5.74, 6) is 1.06. The normalized spacial score (nSPS) is 33.9. The van der Waals surface area contributed by atoms with Gasteiger partial charge in [-0.3, -0.25) is 4.48 Å². The van der Waals surface area contributed by atoms with E-state index in [-0.39, 0.29) is 35.9 Å². The molecule has 7 aliphatic rings. The molecule has 0 radical (unpaired) electrons. The highest BCUT2D eigenvalue weighted by Crippen LogP contribution is 2.53. The molecule has 2 aliphatic heterocycles. The minimum absolute atomic E-state index is 0.225. The second-order valence-corrected chi connectivity index (χ2v) is 18.8. The standard InChI is InChI=1S/C44H51ClN2O4S2/c1-7-10-36-38(46(3,4)40-24-16-30-26-32(52(48)49)18-20-34(30)42(36)40)22-14-28-12-9-13-29(44(28)45)15-23-39-37(11-8-2)43-35-21-19-33(53(50)51)27-31(35)17-25-41(43)47(39,5)6/h7-8,14-25,36-38,40-43H,1-2,9-13,26-27H2,3-6H3/q+2. The largest absolute Gasteiger partial charge is 0.316 e. The minimum Gasteiger partial charge on any atom is -0.316 e. The lowest BCUT2D eigenvalue weighted by atomic mass is 9.73. The number of quaternary nitrogens is 2. The summed E-state index contributed by atoms with van der Waals surface area (Å²) in [5, 5.41) is 0.842. The first kappa shape index (κ1) is 37.8. The predicted molar refractivity (Wildman–Crippen MR) is 219 cm³/mol. The van der Waals surface area contributed by atoms with Gasteiger partial charge in [0, 0.05) is 35.6 Å². The SMILES string of the molecule is C=CCC1C(=CC=C2CCCC(C=CC3C(CC=C)C4C5=C(C=CC4[N+]3(C)C)CC(=S(=O)=O)C=C5)=C2Cl)[N+](C)(C)C2C=CC3=C(C=CC(=S(=O)=O)C3)C12. The van der Waals surface area contributed by atoms with Crippen LogP contribution in [0.2, 0.25) is 0 Å². The number of hydrogen-bond acceptors (Lipinski definition) is 4. The van der Waals surface area contributed by atoms with E-state index in [9.17, 15) is 16.8 Å². The van der Waals surface area contributed by atoms with E-state index in [0.29, 0.717) is 28.5 Å². The summed E-state index contributed by atoms with van der Waals surface area (Å²) in [6.07, 6.45) is 35.3. The predicted octanol–water partition coefficient (Wildman–Crippen LogP) is 7.69. The second kappa shape index (κ2) is 14.6. The number of hydrogen-bond donors (Lipinski definition) is 0. The molecule has 53 heavy (non-hydrogen) atoms. The van der Waals surface area contributed by atoms with E-state index in [1.807, 2.05) is 24.3 Å². The van der Waals surface area contributed by atoms with Crippen LogP contribution in [0.1, 0.15) is 44.9 Å². The summed E-state index contributed by atoms with van der Waals surface area (Å²) in [7, 11) is 4.76. The molecule has 0 aromatic carbocycles. The molecule has 0 aromatic rings. The van der Waals surface area contributed by atoms with Crippen LogP contribution in [0, 0.1) is 23.7 Å². The highest BCUT2D eigenvalue weighted by atomic mass is 35.5. The van der Waals surface area contributed by atoms with Crippen molar-refractivity contribution in [1.29, 1.82) is 0 Å². The van der Waals surface area contributed by atoms with Gasteiger partial charge in [0.25, 0.3) is 0 Å². The summed E-state index contributed by atoms with van der Waals surface area (Å²) < 4.78 is 48.6. The molecule has 2 saturated heterocycles. The average molecular weight is 771 g/mol. The van der Waals surface area contributed by atoms with Crippen molar-refractivity contribution in [1.82, 2.24) is 0 Å². The van der Waals surface area contributed by atoms with Gasteiger partial charge in [0.2, 0.25) is 20.6 Å². The lowest BCUT2D eigenvalue weighted by molar-refractivity contribution is -0.915. The summed E-state index contributed by atoms with van der Waals surface area (Å²) in [6, 6.07) is 0.741. The van der Waals surface area contributed by atoms with Crippen LogP contribution in [0.25, 0.3) is 0 Å². The van der Waals surface area contributed by atoms with Gasteiger partial charge in [-0.05, 0) is 102 Å². The van der Waals surface area contributed by atoms with Crippen molar-refractivity contribution in [2.75, 3.05) is 28.2 Å². The van der Waals surface area contributed by atoms with Crippen molar-refractivity contribution in [3.05, 3.63) is 142 Å². The molecule has 7 rings (SSSR count). The Hall–Kier alpha value is -3.53. The molecule has 2 heterocycles. The monoisotopic (exact) mass is 770 g/mol. The van der Waals surface area contributed by atoms with E-state index in [2.05, 4.69) is 90.0 Å². The van der Waals surface area contributed by atoms with Gasteiger partial charge < -0.3 is 4.48 Å². The Morgan fingerprint density at radius 3 is 1.98 bits per heavy atom. The first-order valence-corrected chi connectivity index (χ1v) is 21.3. The zero-order valence-corrected chi connectivity index (χ0v) is 33.6. The van der Waals surface area contributed by atoms with Crippen molar-refractivity contribution in [3.8, 4) is 0 Å². The molecule has 6 nitrogen and oxygen atoms in total. The molecule has 9 heteroatoms. The molecular formula is C44H51ClN2O4S2+2. The quantitative estimate of drug-likeness (QED) is 0.151. The molecule has 0 spiro atoms. The van der Waals surface area contributed by atoms with Crippen molar-refractivity contribution < 1.29 is 25.8 Å². The fourth-order valence-corrected chi connectivity index (χ4v) is 11.8. The molecule has 0 aromatic heterocycles. The number of likely N-dealkylation sites (tertiary alicyclic amines) is 2. The smallest absolute Gasteiger partial charge is 0.217 e. The molecule has 0 saturated carbocycles. The summed E-state index contributed by atoms with van der Waals surface area (Å²) in [6.45, 7) is 8.26. The lowest BCUT2D eigenvalue weighted by Crippen LogP contribution is -2.50. The molecule has 0 amide bonds. The topological polar surface area (TPSA) is 68.3 Å². The van der Waals surface area contributed by atoms with Crippen molar-refractivity contribution >= 4 is 41.9 Å².